The van der Waals surface area contributed by atoms with Gasteiger partial charge in [-0.15, -0.1) is 12.4 Å². The number of alkyl halides is 2. The first-order chi connectivity index (χ1) is 14.6. The van der Waals surface area contributed by atoms with Crippen molar-refractivity contribution in [3.63, 3.8) is 0 Å². The molecule has 1 aliphatic rings. The van der Waals surface area contributed by atoms with E-state index in [0.717, 1.165) is 11.3 Å². The van der Waals surface area contributed by atoms with Crippen LogP contribution in [0.2, 0.25) is 0 Å². The van der Waals surface area contributed by atoms with Crippen LogP contribution in [0.5, 0.6) is 11.5 Å². The third-order valence-electron chi connectivity index (χ3n) is 4.58. The summed E-state index contributed by atoms with van der Waals surface area (Å²) in [4.78, 5) is 13.2. The van der Waals surface area contributed by atoms with E-state index in [1.807, 2.05) is 61.5 Å². The van der Waals surface area contributed by atoms with Gasteiger partial charge in [0, 0.05) is 19.7 Å². The summed E-state index contributed by atoms with van der Waals surface area (Å²) in [6, 6.07) is 17.1. The second-order valence-corrected chi connectivity index (χ2v) is 7.88. The molecule has 0 saturated carbocycles. The van der Waals surface area contributed by atoms with Gasteiger partial charge in [0.1, 0.15) is 17.7 Å². The Morgan fingerprint density at radius 1 is 1.16 bits per heavy atom. The fourth-order valence-electron chi connectivity index (χ4n) is 2.98. The maximum absolute atomic E-state index is 12.7. The second kappa shape index (κ2) is 13.1. The Balaban J connectivity index is 0.00000341. The largest absolute Gasteiger partial charge is 0.457 e. The number of amides is 1. The average Bonchev–Trinajstić information content (AvgIpc) is 3.58. The van der Waals surface area contributed by atoms with E-state index < -0.39 is 11.0 Å². The summed E-state index contributed by atoms with van der Waals surface area (Å²) in [7, 11) is 0. The first-order valence-corrected chi connectivity index (χ1v) is 10.8. The summed E-state index contributed by atoms with van der Waals surface area (Å²) >= 11 is 11.8. The van der Waals surface area contributed by atoms with Crippen LogP contribution in [0.15, 0.2) is 54.6 Å². The van der Waals surface area contributed by atoms with E-state index in [9.17, 15) is 4.79 Å². The molecule has 31 heavy (non-hydrogen) atoms. The van der Waals surface area contributed by atoms with Gasteiger partial charge in [-0.3, -0.25) is 10.1 Å². The molecule has 1 fully saturated rings. The fourth-order valence-corrected chi connectivity index (χ4v) is 3.23. The highest BCUT2D eigenvalue weighted by molar-refractivity contribution is 6.53. The van der Waals surface area contributed by atoms with Gasteiger partial charge in [0.25, 0.3) is 5.91 Å². The number of hydrogen-bond acceptors (Lipinski definition) is 5. The highest BCUT2D eigenvalue weighted by Crippen LogP contribution is 2.26. The second-order valence-electron chi connectivity index (χ2n) is 6.78. The molecule has 3 rings (SSSR count). The summed E-state index contributed by atoms with van der Waals surface area (Å²) in [5.74, 6) is 1.08. The molecule has 2 aromatic carbocycles. The number of para-hydroxylation sites is 1. The highest BCUT2D eigenvalue weighted by atomic mass is 35.5. The molecule has 9 heteroatoms. The molecule has 6 nitrogen and oxygen atoms in total. The number of hydrogen-bond donors (Lipinski definition) is 1. The molecule has 1 heterocycles. The Kier molecular flexibility index (Phi) is 10.9. The fraction of sp³-hybridized carbons (Fsp3) is 0.409. The maximum Gasteiger partial charge on any atom is 0.257 e. The molecule has 1 aliphatic heterocycles. The van der Waals surface area contributed by atoms with Crippen molar-refractivity contribution >= 4 is 41.5 Å². The molecule has 1 saturated heterocycles. The quantitative estimate of drug-likeness (QED) is 0.205. The minimum absolute atomic E-state index is 0. The van der Waals surface area contributed by atoms with Crippen LogP contribution in [0.1, 0.15) is 18.7 Å². The van der Waals surface area contributed by atoms with Crippen molar-refractivity contribution in [1.29, 1.82) is 0 Å². The Bertz CT molecular complexity index is 789. The normalized spacial score (nSPS) is 15.8. The van der Waals surface area contributed by atoms with Gasteiger partial charge < -0.3 is 19.1 Å². The third kappa shape index (κ3) is 8.15. The topological polar surface area (TPSA) is 63.3 Å². The summed E-state index contributed by atoms with van der Waals surface area (Å²) in [5.41, 5.74) is 0.884. The summed E-state index contributed by atoms with van der Waals surface area (Å²) in [6.07, 6.45) is -0.271. The van der Waals surface area contributed by atoms with Gasteiger partial charge in [0.15, 0.2) is 4.84 Å². The van der Waals surface area contributed by atoms with Crippen molar-refractivity contribution in [2.24, 2.45) is 0 Å². The van der Waals surface area contributed by atoms with E-state index in [1.54, 1.807) is 4.90 Å². The maximum atomic E-state index is 12.7. The number of carbonyl (C=O) groups is 1. The number of rotatable bonds is 12. The van der Waals surface area contributed by atoms with Crippen molar-refractivity contribution < 1.29 is 19.0 Å². The monoisotopic (exact) mass is 488 g/mol. The summed E-state index contributed by atoms with van der Waals surface area (Å²) < 4.78 is 16.6. The van der Waals surface area contributed by atoms with Gasteiger partial charge in [-0.1, -0.05) is 53.5 Å². The van der Waals surface area contributed by atoms with Gasteiger partial charge in [0.05, 0.1) is 19.3 Å². The molecule has 0 bridgehead atoms. The van der Waals surface area contributed by atoms with Crippen LogP contribution in [0.3, 0.4) is 0 Å². The average molecular weight is 490 g/mol. The van der Waals surface area contributed by atoms with E-state index in [2.05, 4.69) is 5.32 Å². The van der Waals surface area contributed by atoms with E-state index in [4.69, 9.17) is 37.4 Å². The minimum Gasteiger partial charge on any atom is -0.457 e. The molecule has 170 valence electrons. The lowest BCUT2D eigenvalue weighted by Crippen LogP contribution is -2.46. The predicted octanol–water partition coefficient (Wildman–Crippen LogP) is 4.56. The molecular formula is C22H27Cl3N2O4. The van der Waals surface area contributed by atoms with Crippen molar-refractivity contribution in [2.45, 2.75) is 24.0 Å². The molecule has 1 N–H and O–H groups in total. The van der Waals surface area contributed by atoms with Crippen molar-refractivity contribution in [2.75, 3.05) is 32.9 Å². The first-order valence-electron chi connectivity index (χ1n) is 9.92. The van der Waals surface area contributed by atoms with E-state index in [0.29, 0.717) is 38.7 Å². The van der Waals surface area contributed by atoms with Crippen LogP contribution in [-0.4, -0.2) is 54.7 Å². The zero-order valence-corrected chi connectivity index (χ0v) is 19.5. The number of carbonyl (C=O) groups excluding carboxylic acids is 1. The highest BCUT2D eigenvalue weighted by Gasteiger charge is 2.31. The Morgan fingerprint density at radius 2 is 1.81 bits per heavy atom. The number of epoxide rings is 1. The molecule has 0 spiro atoms. The van der Waals surface area contributed by atoms with Crippen LogP contribution >= 0.6 is 35.6 Å². The molecule has 2 aromatic rings. The summed E-state index contributed by atoms with van der Waals surface area (Å²) in [5, 5.41) is 3.40. The van der Waals surface area contributed by atoms with Gasteiger partial charge in [-0.05, 0) is 36.8 Å². The van der Waals surface area contributed by atoms with Crippen LogP contribution in [0.25, 0.3) is 0 Å². The van der Waals surface area contributed by atoms with Crippen LogP contribution in [-0.2, 0) is 14.3 Å². The number of nitrogens with zero attached hydrogens (tertiary/aromatic N) is 1. The molecular weight excluding hydrogens is 463 g/mol. The van der Waals surface area contributed by atoms with E-state index in [1.165, 1.54) is 0 Å². The zero-order chi connectivity index (χ0) is 21.3. The molecule has 0 aromatic heterocycles. The van der Waals surface area contributed by atoms with Gasteiger partial charge in [-0.25, -0.2) is 0 Å². The SMILES string of the molecule is CCOCCN(C(=O)C(Cl)Cl)C(NCC1CO1)c1ccc(Oc2ccccc2)cc1.Cl. The Labute approximate surface area is 199 Å². The lowest BCUT2D eigenvalue weighted by atomic mass is 10.1. The molecule has 2 atom stereocenters. The first kappa shape index (κ1) is 25.7. The predicted molar refractivity (Wildman–Crippen MR) is 124 cm³/mol. The van der Waals surface area contributed by atoms with Gasteiger partial charge >= 0.3 is 0 Å². The standard InChI is InChI=1S/C22H26Cl2N2O4.ClH/c1-2-28-13-12-26(22(27)20(23)24)21(25-14-19-15-29-19)16-8-10-18(11-9-16)30-17-6-4-3-5-7-17;/h3-11,19-21,25H,2,12-15H2,1H3;1H. The van der Waals surface area contributed by atoms with Gasteiger partial charge in [0.2, 0.25) is 0 Å². The minimum atomic E-state index is -1.16. The van der Waals surface area contributed by atoms with Gasteiger partial charge in [-0.2, -0.15) is 0 Å². The molecule has 0 radical (unpaired) electrons. The number of nitrogens with one attached hydrogen (secondary N) is 1. The van der Waals surface area contributed by atoms with E-state index in [-0.39, 0.29) is 24.4 Å². The summed E-state index contributed by atoms with van der Waals surface area (Å²) in [6.45, 7) is 4.53. The van der Waals surface area contributed by atoms with Crippen molar-refractivity contribution in [3.05, 3.63) is 60.2 Å². The lowest BCUT2D eigenvalue weighted by molar-refractivity contribution is -0.133. The number of benzene rings is 2. The number of halogens is 3. The van der Waals surface area contributed by atoms with Crippen LogP contribution < -0.4 is 10.1 Å². The van der Waals surface area contributed by atoms with E-state index >= 15 is 0 Å². The Morgan fingerprint density at radius 3 is 2.39 bits per heavy atom. The van der Waals surface area contributed by atoms with Crippen LogP contribution in [0.4, 0.5) is 0 Å². The van der Waals surface area contributed by atoms with Crippen molar-refractivity contribution in [3.8, 4) is 11.5 Å². The lowest BCUT2D eigenvalue weighted by Gasteiger charge is -2.33. The third-order valence-corrected chi connectivity index (χ3v) is 4.95. The molecule has 1 amide bonds. The number of ether oxygens (including phenoxy) is 3. The molecule has 0 aliphatic carbocycles. The zero-order valence-electron chi connectivity index (χ0n) is 17.2. The van der Waals surface area contributed by atoms with Crippen LogP contribution in [0, 0.1) is 0 Å². The van der Waals surface area contributed by atoms with Crippen molar-refractivity contribution in [1.82, 2.24) is 10.2 Å². The smallest absolute Gasteiger partial charge is 0.257 e. The molecule has 2 unspecified atom stereocenters. The Hall–Kier alpha value is -1.54.